The van der Waals surface area contributed by atoms with Gasteiger partial charge in [-0.05, 0) is 13.3 Å². The Balaban J connectivity index is 3.87. The summed E-state index contributed by atoms with van der Waals surface area (Å²) in [4.78, 5) is 23.7. The Hall–Kier alpha value is -0.580. The van der Waals surface area contributed by atoms with Crippen molar-refractivity contribution in [3.8, 4) is 0 Å². The lowest BCUT2D eigenvalue weighted by atomic mass is 10.4. The zero-order valence-electron chi connectivity index (χ0n) is 8.84. The Bertz CT molecular complexity index is 207. The van der Waals surface area contributed by atoms with Crippen LogP contribution >= 0.6 is 15.9 Å². The molecule has 0 bridgehead atoms. The van der Waals surface area contributed by atoms with Crippen molar-refractivity contribution in [2.24, 2.45) is 0 Å². The lowest BCUT2D eigenvalue weighted by molar-refractivity contribution is -0.133. The molecule has 82 valence electrons. The van der Waals surface area contributed by atoms with E-state index in [0.29, 0.717) is 6.54 Å². The number of carbonyl (C=O) groups excluding carboxylic acids is 2. The number of alkyl halides is 1. The zero-order chi connectivity index (χ0) is 11.1. The predicted molar refractivity (Wildman–Crippen MR) is 59.3 cm³/mol. The third-order valence-corrected chi connectivity index (χ3v) is 2.06. The highest BCUT2D eigenvalue weighted by atomic mass is 79.9. The first kappa shape index (κ1) is 13.4. The number of hydrogen-bond donors (Lipinski definition) is 1. The fraction of sp³-hybridized carbons (Fsp3) is 0.778. The summed E-state index contributed by atoms with van der Waals surface area (Å²) in [6.07, 6.45) is 0.901. The van der Waals surface area contributed by atoms with Gasteiger partial charge < -0.3 is 10.2 Å². The van der Waals surface area contributed by atoms with E-state index in [1.54, 1.807) is 14.0 Å². The predicted octanol–water partition coefficient (Wildman–Crippen LogP) is 0.754. The van der Waals surface area contributed by atoms with Gasteiger partial charge in [0.2, 0.25) is 11.8 Å². The SMILES string of the molecule is CCCNC(=O)CN(C)C(=O)C(C)Br. The van der Waals surface area contributed by atoms with Gasteiger partial charge in [-0.25, -0.2) is 0 Å². The van der Waals surface area contributed by atoms with Crippen molar-refractivity contribution in [2.45, 2.75) is 25.1 Å². The number of carbonyl (C=O) groups is 2. The van der Waals surface area contributed by atoms with Crippen LogP contribution in [0.15, 0.2) is 0 Å². The van der Waals surface area contributed by atoms with Crippen molar-refractivity contribution in [3.63, 3.8) is 0 Å². The highest BCUT2D eigenvalue weighted by molar-refractivity contribution is 9.10. The molecule has 1 unspecified atom stereocenters. The van der Waals surface area contributed by atoms with Gasteiger partial charge in [0.05, 0.1) is 11.4 Å². The zero-order valence-corrected chi connectivity index (χ0v) is 10.4. The Morgan fingerprint density at radius 3 is 2.50 bits per heavy atom. The van der Waals surface area contributed by atoms with E-state index in [4.69, 9.17) is 0 Å². The smallest absolute Gasteiger partial charge is 0.239 e. The molecule has 0 saturated carbocycles. The third-order valence-electron chi connectivity index (χ3n) is 1.67. The average Bonchev–Trinajstić information content (AvgIpc) is 2.13. The summed E-state index contributed by atoms with van der Waals surface area (Å²) in [5.41, 5.74) is 0. The molecule has 1 N–H and O–H groups in total. The molecule has 0 rings (SSSR count). The number of hydrogen-bond acceptors (Lipinski definition) is 2. The minimum atomic E-state index is -0.244. The molecule has 4 nitrogen and oxygen atoms in total. The van der Waals surface area contributed by atoms with Gasteiger partial charge >= 0.3 is 0 Å². The van der Waals surface area contributed by atoms with Crippen molar-refractivity contribution in [2.75, 3.05) is 20.1 Å². The monoisotopic (exact) mass is 264 g/mol. The second-order valence-electron chi connectivity index (χ2n) is 3.16. The first-order chi connectivity index (χ1) is 6.49. The van der Waals surface area contributed by atoms with Crippen LogP contribution in [0.25, 0.3) is 0 Å². The molecular weight excluding hydrogens is 248 g/mol. The summed E-state index contributed by atoms with van der Waals surface area (Å²) in [5, 5.41) is 2.71. The van der Waals surface area contributed by atoms with Crippen molar-refractivity contribution in [1.82, 2.24) is 10.2 Å². The third kappa shape index (κ3) is 5.21. The number of halogens is 1. The largest absolute Gasteiger partial charge is 0.355 e. The molecule has 0 aliphatic rings. The summed E-state index contributed by atoms with van der Waals surface area (Å²) >= 11 is 3.16. The molecule has 0 aromatic carbocycles. The van der Waals surface area contributed by atoms with Crippen LogP contribution in [0.1, 0.15) is 20.3 Å². The molecule has 0 spiro atoms. The number of nitrogens with zero attached hydrogens (tertiary/aromatic N) is 1. The summed E-state index contributed by atoms with van der Waals surface area (Å²) in [7, 11) is 1.62. The molecule has 0 aromatic heterocycles. The molecule has 0 saturated heterocycles. The minimum absolute atomic E-state index is 0.0864. The average molecular weight is 265 g/mol. The lowest BCUT2D eigenvalue weighted by Crippen LogP contribution is -2.40. The van der Waals surface area contributed by atoms with Gasteiger partial charge in [0.25, 0.3) is 0 Å². The van der Waals surface area contributed by atoms with Crippen LogP contribution in [0.2, 0.25) is 0 Å². The Kier molecular flexibility index (Phi) is 6.53. The van der Waals surface area contributed by atoms with E-state index in [-0.39, 0.29) is 23.2 Å². The maximum Gasteiger partial charge on any atom is 0.239 e. The molecular formula is C9H17BrN2O2. The molecule has 2 amide bonds. The lowest BCUT2D eigenvalue weighted by Gasteiger charge is -2.17. The first-order valence-corrected chi connectivity index (χ1v) is 5.56. The van der Waals surface area contributed by atoms with E-state index >= 15 is 0 Å². The highest BCUT2D eigenvalue weighted by Crippen LogP contribution is 2.01. The second-order valence-corrected chi connectivity index (χ2v) is 4.53. The van der Waals surface area contributed by atoms with Crippen molar-refractivity contribution >= 4 is 27.7 Å². The Labute approximate surface area is 93.2 Å². The number of nitrogens with one attached hydrogen (secondary N) is 1. The molecule has 0 heterocycles. The van der Waals surface area contributed by atoms with Gasteiger partial charge in [0, 0.05) is 13.6 Å². The Morgan fingerprint density at radius 2 is 2.07 bits per heavy atom. The molecule has 1 atom stereocenters. The topological polar surface area (TPSA) is 49.4 Å². The van der Waals surface area contributed by atoms with Crippen LogP contribution < -0.4 is 5.32 Å². The van der Waals surface area contributed by atoms with Crippen LogP contribution in [0, 0.1) is 0 Å². The number of likely N-dealkylation sites (N-methyl/N-ethyl adjacent to an activating group) is 1. The van der Waals surface area contributed by atoms with E-state index in [0.717, 1.165) is 6.42 Å². The van der Waals surface area contributed by atoms with E-state index in [1.807, 2.05) is 6.92 Å². The van der Waals surface area contributed by atoms with Crippen LogP contribution in [-0.4, -0.2) is 41.7 Å². The van der Waals surface area contributed by atoms with E-state index in [2.05, 4.69) is 21.2 Å². The van der Waals surface area contributed by atoms with Crippen molar-refractivity contribution in [1.29, 1.82) is 0 Å². The fourth-order valence-corrected chi connectivity index (χ4v) is 1.27. The van der Waals surface area contributed by atoms with Crippen LogP contribution in [-0.2, 0) is 9.59 Å². The van der Waals surface area contributed by atoms with Gasteiger partial charge in [0.15, 0.2) is 0 Å². The quantitative estimate of drug-likeness (QED) is 0.746. The molecule has 0 aromatic rings. The summed E-state index contributed by atoms with van der Waals surface area (Å²) in [6.45, 7) is 4.50. The van der Waals surface area contributed by atoms with Gasteiger partial charge in [0.1, 0.15) is 0 Å². The molecule has 0 fully saturated rings. The molecule has 0 radical (unpaired) electrons. The standard InChI is InChI=1S/C9H17BrN2O2/c1-4-5-11-8(13)6-12(3)9(14)7(2)10/h7H,4-6H2,1-3H3,(H,11,13). The van der Waals surface area contributed by atoms with Gasteiger partial charge in [-0.2, -0.15) is 0 Å². The summed E-state index contributed by atoms with van der Waals surface area (Å²) in [6, 6.07) is 0. The summed E-state index contributed by atoms with van der Waals surface area (Å²) < 4.78 is 0. The molecule has 0 aliphatic heterocycles. The van der Waals surface area contributed by atoms with E-state index < -0.39 is 0 Å². The highest BCUT2D eigenvalue weighted by Gasteiger charge is 2.16. The van der Waals surface area contributed by atoms with E-state index in [1.165, 1.54) is 4.90 Å². The Morgan fingerprint density at radius 1 is 1.50 bits per heavy atom. The molecule has 0 aliphatic carbocycles. The second kappa shape index (κ2) is 6.81. The van der Waals surface area contributed by atoms with Crippen LogP contribution in [0.4, 0.5) is 0 Å². The number of amides is 2. The van der Waals surface area contributed by atoms with Crippen molar-refractivity contribution in [3.05, 3.63) is 0 Å². The van der Waals surface area contributed by atoms with Crippen LogP contribution in [0.3, 0.4) is 0 Å². The normalized spacial score (nSPS) is 12.0. The number of rotatable bonds is 5. The maximum absolute atomic E-state index is 11.4. The van der Waals surface area contributed by atoms with Crippen molar-refractivity contribution < 1.29 is 9.59 Å². The molecule has 5 heteroatoms. The van der Waals surface area contributed by atoms with Gasteiger partial charge in [-0.1, -0.05) is 22.9 Å². The minimum Gasteiger partial charge on any atom is -0.355 e. The molecule has 14 heavy (non-hydrogen) atoms. The van der Waals surface area contributed by atoms with E-state index in [9.17, 15) is 9.59 Å². The summed E-state index contributed by atoms with van der Waals surface area (Å²) in [5.74, 6) is -0.201. The van der Waals surface area contributed by atoms with Crippen LogP contribution in [0.5, 0.6) is 0 Å². The first-order valence-electron chi connectivity index (χ1n) is 4.64. The maximum atomic E-state index is 11.4. The van der Waals surface area contributed by atoms with Gasteiger partial charge in [-0.15, -0.1) is 0 Å². The fourth-order valence-electron chi connectivity index (χ4n) is 0.917. The van der Waals surface area contributed by atoms with Gasteiger partial charge in [-0.3, -0.25) is 9.59 Å².